The van der Waals surface area contributed by atoms with Gasteiger partial charge in [-0.25, -0.2) is 9.37 Å². The minimum Gasteiger partial charge on any atom is -0.351 e. The Kier molecular flexibility index (Phi) is 6.94. The van der Waals surface area contributed by atoms with Gasteiger partial charge in [0.15, 0.2) is 10.3 Å². The Morgan fingerprint density at radius 3 is 2.79 bits per heavy atom. The summed E-state index contributed by atoms with van der Waals surface area (Å²) in [5, 5.41) is 16.6. The highest BCUT2D eigenvalue weighted by Gasteiger charge is 2.14. The Labute approximate surface area is 174 Å². The zero-order chi connectivity index (χ0) is 20.8. The van der Waals surface area contributed by atoms with E-state index >= 15 is 0 Å². The van der Waals surface area contributed by atoms with Crippen molar-refractivity contribution in [2.45, 2.75) is 18.5 Å². The van der Waals surface area contributed by atoms with Crippen molar-refractivity contribution < 1.29 is 14.0 Å². The zero-order valence-corrected chi connectivity index (χ0v) is 17.4. The van der Waals surface area contributed by atoms with Crippen LogP contribution in [-0.4, -0.2) is 43.9 Å². The average Bonchev–Trinajstić information content (AvgIpc) is 3.26. The number of aryl methyl sites for hydroxylation is 1. The summed E-state index contributed by atoms with van der Waals surface area (Å²) in [4.78, 5) is 28.2. The molecule has 2 N–H and O–H groups in total. The fourth-order valence-electron chi connectivity index (χ4n) is 2.41. The first-order valence-corrected chi connectivity index (χ1v) is 10.6. The maximum Gasteiger partial charge on any atom is 0.254 e. The smallest absolute Gasteiger partial charge is 0.254 e. The average molecular weight is 435 g/mol. The third kappa shape index (κ3) is 5.61. The molecule has 0 aliphatic heterocycles. The van der Waals surface area contributed by atoms with E-state index in [9.17, 15) is 14.0 Å². The summed E-state index contributed by atoms with van der Waals surface area (Å²) < 4.78 is 15.4. The number of hydrogen-bond donors (Lipinski definition) is 2. The summed E-state index contributed by atoms with van der Waals surface area (Å²) in [5.41, 5.74) is 0.862. The molecule has 0 atom stereocenters. The van der Waals surface area contributed by atoms with Crippen molar-refractivity contribution in [3.63, 3.8) is 0 Å². The molecule has 3 rings (SSSR count). The molecule has 0 saturated carbocycles. The highest BCUT2D eigenvalue weighted by molar-refractivity contribution is 7.99. The van der Waals surface area contributed by atoms with Crippen molar-refractivity contribution >= 4 is 40.0 Å². The van der Waals surface area contributed by atoms with Gasteiger partial charge in [0.2, 0.25) is 5.91 Å². The predicted molar refractivity (Wildman–Crippen MR) is 110 cm³/mol. The third-order valence-corrected chi connectivity index (χ3v) is 5.77. The molecule has 0 aliphatic rings. The summed E-state index contributed by atoms with van der Waals surface area (Å²) in [6, 6.07) is 5.81. The van der Waals surface area contributed by atoms with Crippen LogP contribution in [0, 0.1) is 12.7 Å². The Balaban J connectivity index is 1.47. The van der Waals surface area contributed by atoms with E-state index in [0.29, 0.717) is 22.5 Å². The number of carbonyl (C=O) groups is 2. The van der Waals surface area contributed by atoms with Gasteiger partial charge < -0.3 is 15.2 Å². The first-order chi connectivity index (χ1) is 13.9. The number of amides is 2. The van der Waals surface area contributed by atoms with Crippen molar-refractivity contribution in [1.29, 1.82) is 0 Å². The third-order valence-electron chi connectivity index (χ3n) is 3.88. The second-order valence-electron chi connectivity index (χ2n) is 6.07. The summed E-state index contributed by atoms with van der Waals surface area (Å²) in [6.07, 6.45) is 0.425. The summed E-state index contributed by atoms with van der Waals surface area (Å²) in [6.45, 7) is 2.15. The lowest BCUT2D eigenvalue weighted by molar-refractivity contribution is -0.113. The van der Waals surface area contributed by atoms with Crippen LogP contribution in [0.15, 0.2) is 34.8 Å². The molecule has 0 unspecified atom stereocenters. The van der Waals surface area contributed by atoms with Crippen LogP contribution in [0.2, 0.25) is 0 Å². The number of hydrogen-bond acceptors (Lipinski definition) is 7. The highest BCUT2D eigenvalue weighted by Crippen LogP contribution is 2.18. The van der Waals surface area contributed by atoms with Gasteiger partial charge in [-0.2, -0.15) is 0 Å². The number of halogens is 1. The van der Waals surface area contributed by atoms with Crippen molar-refractivity contribution in [2.24, 2.45) is 7.05 Å². The second-order valence-corrected chi connectivity index (χ2v) is 7.88. The van der Waals surface area contributed by atoms with E-state index in [1.165, 1.54) is 41.3 Å². The number of thiazole rings is 1. The predicted octanol–water partition coefficient (Wildman–Crippen LogP) is 2.42. The van der Waals surface area contributed by atoms with Gasteiger partial charge in [-0.15, -0.1) is 21.5 Å². The monoisotopic (exact) mass is 434 g/mol. The molecule has 2 aromatic heterocycles. The van der Waals surface area contributed by atoms with Gasteiger partial charge in [-0.05, 0) is 19.1 Å². The lowest BCUT2D eigenvalue weighted by Gasteiger charge is -2.06. The largest absolute Gasteiger partial charge is 0.351 e. The first kappa shape index (κ1) is 20.9. The highest BCUT2D eigenvalue weighted by atomic mass is 32.2. The van der Waals surface area contributed by atoms with Crippen molar-refractivity contribution in [1.82, 2.24) is 25.1 Å². The SMILES string of the molecule is Cc1csc(NC(=O)CSc2nnc(CCNC(=O)c3ccccc3F)n2C)n1. The minimum atomic E-state index is -0.562. The van der Waals surface area contributed by atoms with Crippen molar-refractivity contribution in [3.8, 4) is 0 Å². The Morgan fingerprint density at radius 2 is 2.07 bits per heavy atom. The molecule has 2 amide bonds. The maximum absolute atomic E-state index is 13.6. The molecule has 29 heavy (non-hydrogen) atoms. The number of nitrogens with one attached hydrogen (secondary N) is 2. The number of carbonyl (C=O) groups excluding carboxylic acids is 2. The van der Waals surface area contributed by atoms with Gasteiger partial charge in [0.1, 0.15) is 11.6 Å². The van der Waals surface area contributed by atoms with Crippen LogP contribution in [0.5, 0.6) is 0 Å². The molecule has 8 nitrogen and oxygen atoms in total. The van der Waals surface area contributed by atoms with E-state index in [4.69, 9.17) is 0 Å². The molecule has 0 radical (unpaired) electrons. The van der Waals surface area contributed by atoms with Crippen molar-refractivity contribution in [2.75, 3.05) is 17.6 Å². The number of aromatic nitrogens is 4. The van der Waals surface area contributed by atoms with Crippen LogP contribution in [0.4, 0.5) is 9.52 Å². The van der Waals surface area contributed by atoms with Gasteiger partial charge in [0.05, 0.1) is 17.0 Å². The molecule has 3 aromatic rings. The molecule has 0 bridgehead atoms. The second kappa shape index (κ2) is 9.61. The van der Waals surface area contributed by atoms with Crippen LogP contribution < -0.4 is 10.6 Å². The molecular formula is C18H19FN6O2S2. The minimum absolute atomic E-state index is 0.00291. The van der Waals surface area contributed by atoms with E-state index in [1.54, 1.807) is 17.7 Å². The van der Waals surface area contributed by atoms with Gasteiger partial charge >= 0.3 is 0 Å². The van der Waals surface area contributed by atoms with Gasteiger partial charge in [-0.3, -0.25) is 9.59 Å². The van der Waals surface area contributed by atoms with E-state index < -0.39 is 11.7 Å². The Morgan fingerprint density at radius 1 is 1.28 bits per heavy atom. The molecule has 11 heteroatoms. The Bertz CT molecular complexity index is 1020. The molecule has 1 aromatic carbocycles. The van der Waals surface area contributed by atoms with Crippen LogP contribution in [0.1, 0.15) is 21.9 Å². The van der Waals surface area contributed by atoms with Crippen LogP contribution in [0.3, 0.4) is 0 Å². The van der Waals surface area contributed by atoms with Gasteiger partial charge in [-0.1, -0.05) is 23.9 Å². The number of anilines is 1. The molecular weight excluding hydrogens is 415 g/mol. The molecule has 0 fully saturated rings. The fourth-order valence-corrected chi connectivity index (χ4v) is 3.85. The number of benzene rings is 1. The molecule has 0 saturated heterocycles. The van der Waals surface area contributed by atoms with Crippen molar-refractivity contribution in [3.05, 3.63) is 52.5 Å². The summed E-state index contributed by atoms with van der Waals surface area (Å²) in [5.74, 6) is -0.389. The van der Waals surface area contributed by atoms with Crippen LogP contribution in [0.25, 0.3) is 0 Å². The molecule has 0 aliphatic carbocycles. The van der Waals surface area contributed by atoms with E-state index in [2.05, 4.69) is 25.8 Å². The van der Waals surface area contributed by atoms with E-state index in [-0.39, 0.29) is 23.8 Å². The lowest BCUT2D eigenvalue weighted by Crippen LogP contribution is -2.27. The Hall–Kier alpha value is -2.79. The number of rotatable bonds is 8. The van der Waals surface area contributed by atoms with Gasteiger partial charge in [0, 0.05) is 25.4 Å². The van der Waals surface area contributed by atoms with Gasteiger partial charge in [0.25, 0.3) is 5.91 Å². The molecule has 2 heterocycles. The molecule has 152 valence electrons. The number of thioether (sulfide) groups is 1. The van der Waals surface area contributed by atoms with E-state index in [0.717, 1.165) is 5.69 Å². The topological polar surface area (TPSA) is 102 Å². The fraction of sp³-hybridized carbons (Fsp3) is 0.278. The van der Waals surface area contributed by atoms with Crippen LogP contribution in [-0.2, 0) is 18.3 Å². The lowest BCUT2D eigenvalue weighted by atomic mass is 10.2. The first-order valence-electron chi connectivity index (χ1n) is 8.70. The quantitative estimate of drug-likeness (QED) is 0.528. The standard InChI is InChI=1S/C18H19FN6O2S2/c1-11-9-28-17(21-11)22-15(26)10-29-18-24-23-14(25(18)2)7-8-20-16(27)12-5-3-4-6-13(12)19/h3-6,9H,7-8,10H2,1-2H3,(H,20,27)(H,21,22,26). The normalized spacial score (nSPS) is 10.7. The zero-order valence-electron chi connectivity index (χ0n) is 15.8. The van der Waals surface area contributed by atoms with E-state index in [1.807, 2.05) is 12.3 Å². The van der Waals surface area contributed by atoms with Crippen LogP contribution >= 0.6 is 23.1 Å². The number of nitrogens with zero attached hydrogens (tertiary/aromatic N) is 4. The summed E-state index contributed by atoms with van der Waals surface area (Å²) in [7, 11) is 1.79. The molecule has 0 spiro atoms. The maximum atomic E-state index is 13.6. The summed E-state index contributed by atoms with van der Waals surface area (Å²) >= 11 is 2.63.